The minimum absolute atomic E-state index is 0.127. The molecule has 4 nitrogen and oxygen atoms in total. The third-order valence-corrected chi connectivity index (χ3v) is 2.08. The van der Waals surface area contributed by atoms with Crippen LogP contribution in [-0.4, -0.2) is 38.5 Å². The molecule has 4 heteroatoms. The molecule has 0 aromatic heterocycles. The average molecular weight is 161 g/mol. The van der Waals surface area contributed by atoms with Crippen LogP contribution in [0.2, 0.25) is 0 Å². The maximum Gasteiger partial charge on any atom is 0.0906 e. The molecule has 0 aromatic carbocycles. The fourth-order valence-electron chi connectivity index (χ4n) is 1.48. The van der Waals surface area contributed by atoms with Crippen LogP contribution in [0.5, 0.6) is 0 Å². The van der Waals surface area contributed by atoms with E-state index in [-0.39, 0.29) is 4.65 Å². The molecule has 1 aliphatic heterocycles. The summed E-state index contributed by atoms with van der Waals surface area (Å²) >= 11 is 0. The molecule has 0 aliphatic carbocycles. The molecule has 1 rings (SSSR count). The summed E-state index contributed by atoms with van der Waals surface area (Å²) < 4.78 is -0.127. The van der Waals surface area contributed by atoms with E-state index in [1.165, 1.54) is 7.11 Å². The maximum absolute atomic E-state index is 11.3. The van der Waals surface area contributed by atoms with Crippen molar-refractivity contribution in [2.75, 3.05) is 33.9 Å². The predicted octanol–water partition coefficient (Wildman–Crippen LogP) is 0.529. The first-order valence-electron chi connectivity index (χ1n) is 3.85. The van der Waals surface area contributed by atoms with Gasteiger partial charge in [-0.25, -0.2) is 9.78 Å². The van der Waals surface area contributed by atoms with Gasteiger partial charge in [0.15, 0.2) is 0 Å². The average Bonchev–Trinajstić information content (AvgIpc) is 2.26. The van der Waals surface area contributed by atoms with Crippen molar-refractivity contribution < 1.29 is 14.4 Å². The standard InChI is InChI=1S/C7H15NO3/c1-8(9)4-3-7(5-8)6-11-10-2/h7H,3-6H2,1-2H3. The van der Waals surface area contributed by atoms with Gasteiger partial charge in [-0.1, -0.05) is 0 Å². The van der Waals surface area contributed by atoms with Crippen LogP contribution in [0.3, 0.4) is 0 Å². The molecule has 0 N–H and O–H groups in total. The molecular formula is C7H15NO3. The first kappa shape index (κ1) is 8.93. The highest BCUT2D eigenvalue weighted by atomic mass is 17.2. The lowest BCUT2D eigenvalue weighted by molar-refractivity contribution is -0.849. The van der Waals surface area contributed by atoms with Crippen LogP contribution >= 0.6 is 0 Å². The molecule has 0 bridgehead atoms. The molecule has 1 aliphatic rings. The second-order valence-electron chi connectivity index (χ2n) is 3.31. The van der Waals surface area contributed by atoms with Crippen molar-refractivity contribution in [1.29, 1.82) is 0 Å². The number of nitrogens with zero attached hydrogens (tertiary/aromatic N) is 1. The van der Waals surface area contributed by atoms with Crippen molar-refractivity contribution in [1.82, 2.24) is 0 Å². The van der Waals surface area contributed by atoms with Gasteiger partial charge in [0.1, 0.15) is 0 Å². The number of quaternary nitrogens is 1. The Morgan fingerprint density at radius 1 is 1.64 bits per heavy atom. The third kappa shape index (κ3) is 2.75. The molecule has 0 saturated carbocycles. The lowest BCUT2D eigenvalue weighted by Crippen LogP contribution is -2.34. The molecule has 0 spiro atoms. The lowest BCUT2D eigenvalue weighted by Gasteiger charge is -2.33. The van der Waals surface area contributed by atoms with Crippen molar-refractivity contribution in [2.24, 2.45) is 5.92 Å². The van der Waals surface area contributed by atoms with Crippen LogP contribution in [0.25, 0.3) is 0 Å². The van der Waals surface area contributed by atoms with E-state index in [9.17, 15) is 5.21 Å². The quantitative estimate of drug-likeness (QED) is 0.262. The molecule has 2 unspecified atom stereocenters. The Morgan fingerprint density at radius 3 is 2.82 bits per heavy atom. The Kier molecular flexibility index (Phi) is 2.84. The fraction of sp³-hybridized carbons (Fsp3) is 1.00. The second kappa shape index (κ2) is 3.49. The highest BCUT2D eigenvalue weighted by Crippen LogP contribution is 2.20. The molecular weight excluding hydrogens is 146 g/mol. The highest BCUT2D eigenvalue weighted by Gasteiger charge is 2.28. The van der Waals surface area contributed by atoms with Crippen LogP contribution in [0, 0.1) is 11.1 Å². The fourth-order valence-corrected chi connectivity index (χ4v) is 1.48. The van der Waals surface area contributed by atoms with Crippen molar-refractivity contribution in [3.63, 3.8) is 0 Å². The Morgan fingerprint density at radius 2 is 2.36 bits per heavy atom. The topological polar surface area (TPSA) is 41.5 Å². The predicted molar refractivity (Wildman–Crippen MR) is 40.4 cm³/mol. The molecule has 1 fully saturated rings. The van der Waals surface area contributed by atoms with Gasteiger partial charge in [0.05, 0.1) is 33.9 Å². The minimum Gasteiger partial charge on any atom is -0.633 e. The van der Waals surface area contributed by atoms with Crippen LogP contribution in [0.4, 0.5) is 0 Å². The normalized spacial score (nSPS) is 37.9. The first-order chi connectivity index (χ1) is 5.14. The SMILES string of the molecule is COOCC1CC[N+](C)([O-])C1. The van der Waals surface area contributed by atoms with Crippen molar-refractivity contribution in [3.05, 3.63) is 5.21 Å². The van der Waals surface area contributed by atoms with Gasteiger partial charge in [-0.2, -0.15) is 0 Å². The van der Waals surface area contributed by atoms with E-state index in [0.29, 0.717) is 25.6 Å². The third-order valence-electron chi connectivity index (χ3n) is 2.08. The first-order valence-corrected chi connectivity index (χ1v) is 3.85. The van der Waals surface area contributed by atoms with Gasteiger partial charge in [-0.15, -0.1) is 0 Å². The van der Waals surface area contributed by atoms with Crippen molar-refractivity contribution in [2.45, 2.75) is 6.42 Å². The van der Waals surface area contributed by atoms with E-state index >= 15 is 0 Å². The molecule has 1 saturated heterocycles. The second-order valence-corrected chi connectivity index (χ2v) is 3.31. The highest BCUT2D eigenvalue weighted by molar-refractivity contribution is 4.64. The summed E-state index contributed by atoms with van der Waals surface area (Å²) in [5.74, 6) is 0.373. The smallest absolute Gasteiger partial charge is 0.0906 e. The van der Waals surface area contributed by atoms with Crippen LogP contribution in [0.15, 0.2) is 0 Å². The number of likely N-dealkylation sites (tertiary alicyclic amines) is 1. The van der Waals surface area contributed by atoms with Gasteiger partial charge in [-0.3, -0.25) is 0 Å². The van der Waals surface area contributed by atoms with Gasteiger partial charge < -0.3 is 9.85 Å². The van der Waals surface area contributed by atoms with E-state index in [0.717, 1.165) is 6.42 Å². The van der Waals surface area contributed by atoms with Crippen molar-refractivity contribution in [3.8, 4) is 0 Å². The summed E-state index contributed by atoms with van der Waals surface area (Å²) in [6.07, 6.45) is 0.948. The monoisotopic (exact) mass is 161 g/mol. The van der Waals surface area contributed by atoms with E-state index in [1.807, 2.05) is 0 Å². The Hall–Kier alpha value is -0.160. The van der Waals surface area contributed by atoms with Gasteiger partial charge in [-0.05, 0) is 0 Å². The van der Waals surface area contributed by atoms with Gasteiger partial charge in [0.25, 0.3) is 0 Å². The van der Waals surface area contributed by atoms with Crippen LogP contribution in [-0.2, 0) is 9.78 Å². The Labute approximate surface area is 66.8 Å². The summed E-state index contributed by atoms with van der Waals surface area (Å²) in [6, 6.07) is 0. The van der Waals surface area contributed by atoms with Gasteiger partial charge in [0, 0.05) is 12.3 Å². The lowest BCUT2D eigenvalue weighted by atomic mass is 10.1. The van der Waals surface area contributed by atoms with Crippen LogP contribution < -0.4 is 0 Å². The van der Waals surface area contributed by atoms with Crippen molar-refractivity contribution >= 4 is 0 Å². The zero-order chi connectivity index (χ0) is 8.32. The molecule has 2 atom stereocenters. The summed E-state index contributed by atoms with van der Waals surface area (Å²) in [6.45, 7) is 1.91. The van der Waals surface area contributed by atoms with E-state index < -0.39 is 0 Å². The Balaban J connectivity index is 2.20. The summed E-state index contributed by atoms with van der Waals surface area (Å²) in [5, 5.41) is 11.3. The molecule has 11 heavy (non-hydrogen) atoms. The van der Waals surface area contributed by atoms with Gasteiger partial charge >= 0.3 is 0 Å². The molecule has 0 aromatic rings. The number of hydrogen-bond donors (Lipinski definition) is 0. The number of rotatable bonds is 3. The number of hydroxylamine groups is 3. The van der Waals surface area contributed by atoms with Crippen LogP contribution in [0.1, 0.15) is 6.42 Å². The molecule has 0 radical (unpaired) electrons. The zero-order valence-corrected chi connectivity index (χ0v) is 7.08. The molecule has 1 heterocycles. The molecule has 66 valence electrons. The van der Waals surface area contributed by atoms with E-state index in [1.54, 1.807) is 7.05 Å². The minimum atomic E-state index is -0.127. The summed E-state index contributed by atoms with van der Waals surface area (Å²) in [7, 11) is 3.19. The van der Waals surface area contributed by atoms with E-state index in [2.05, 4.69) is 4.89 Å². The number of hydrogen-bond acceptors (Lipinski definition) is 3. The van der Waals surface area contributed by atoms with Gasteiger partial charge in [0.2, 0.25) is 0 Å². The maximum atomic E-state index is 11.3. The zero-order valence-electron chi connectivity index (χ0n) is 7.08. The summed E-state index contributed by atoms with van der Waals surface area (Å²) in [4.78, 5) is 9.22. The molecule has 0 amide bonds. The van der Waals surface area contributed by atoms with E-state index in [4.69, 9.17) is 4.89 Å². The summed E-state index contributed by atoms with van der Waals surface area (Å²) in [5.41, 5.74) is 0. The largest absolute Gasteiger partial charge is 0.633 e. The Bertz CT molecular complexity index is 127.